The first-order valence-electron chi connectivity index (χ1n) is 8.01. The Labute approximate surface area is 136 Å². The quantitative estimate of drug-likeness (QED) is 0.620. The molecule has 4 heteroatoms. The van der Waals surface area contributed by atoms with Crippen molar-refractivity contribution >= 4 is 10.8 Å². The summed E-state index contributed by atoms with van der Waals surface area (Å²) in [5, 5.41) is 2.33. The zero-order valence-corrected chi connectivity index (χ0v) is 13.6. The fourth-order valence-electron chi connectivity index (χ4n) is 3.02. The highest BCUT2D eigenvalue weighted by atomic mass is 16.7. The third-order valence-corrected chi connectivity index (χ3v) is 3.90. The largest absolute Gasteiger partial charge is 0.345 e. The van der Waals surface area contributed by atoms with Crippen molar-refractivity contribution in [2.24, 2.45) is 0 Å². The summed E-state index contributed by atoms with van der Waals surface area (Å²) in [6.45, 7) is 5.68. The minimum atomic E-state index is -0.828. The van der Waals surface area contributed by atoms with Crippen molar-refractivity contribution in [3.05, 3.63) is 66.7 Å². The van der Waals surface area contributed by atoms with E-state index in [4.69, 9.17) is 9.47 Å². The highest BCUT2D eigenvalue weighted by molar-refractivity contribution is 5.86. The minimum absolute atomic E-state index is 0.558. The summed E-state index contributed by atoms with van der Waals surface area (Å²) in [6, 6.07) is 14.6. The van der Waals surface area contributed by atoms with Gasteiger partial charge in [-0.15, -0.1) is 0 Å². The van der Waals surface area contributed by atoms with Crippen LogP contribution < -0.4 is 0 Å². The Bertz CT molecular complexity index is 742. The third-order valence-electron chi connectivity index (χ3n) is 3.90. The van der Waals surface area contributed by atoms with E-state index in [0.717, 1.165) is 10.9 Å². The van der Waals surface area contributed by atoms with Gasteiger partial charge in [0, 0.05) is 31.2 Å². The van der Waals surface area contributed by atoms with Gasteiger partial charge in [0.2, 0.25) is 5.79 Å². The maximum Gasteiger partial charge on any atom is 0.214 e. The van der Waals surface area contributed by atoms with Crippen LogP contribution in [0.1, 0.15) is 19.4 Å². The molecule has 0 saturated heterocycles. The van der Waals surface area contributed by atoms with Gasteiger partial charge in [0.05, 0.1) is 12.9 Å². The van der Waals surface area contributed by atoms with Gasteiger partial charge in [-0.1, -0.05) is 42.5 Å². The smallest absolute Gasteiger partial charge is 0.214 e. The Hall–Kier alpha value is -2.17. The number of hydrogen-bond donors (Lipinski definition) is 0. The van der Waals surface area contributed by atoms with Crippen LogP contribution in [0.5, 0.6) is 0 Å². The summed E-state index contributed by atoms with van der Waals surface area (Å²) in [5.74, 6) is -0.828. The van der Waals surface area contributed by atoms with E-state index in [1.54, 1.807) is 12.5 Å². The van der Waals surface area contributed by atoms with E-state index in [9.17, 15) is 0 Å². The number of nitrogens with zero attached hydrogens (tertiary/aromatic N) is 2. The van der Waals surface area contributed by atoms with Crippen LogP contribution in [0, 0.1) is 0 Å². The first kappa shape index (κ1) is 15.7. The lowest BCUT2D eigenvalue weighted by Crippen LogP contribution is -2.38. The Morgan fingerprint density at radius 2 is 1.74 bits per heavy atom. The monoisotopic (exact) mass is 310 g/mol. The van der Waals surface area contributed by atoms with Crippen LogP contribution in [0.4, 0.5) is 0 Å². The van der Waals surface area contributed by atoms with E-state index in [1.165, 1.54) is 5.39 Å². The summed E-state index contributed by atoms with van der Waals surface area (Å²) in [7, 11) is 0. The highest BCUT2D eigenvalue weighted by Crippen LogP contribution is 2.35. The van der Waals surface area contributed by atoms with Crippen LogP contribution in [0.3, 0.4) is 0 Å². The molecule has 23 heavy (non-hydrogen) atoms. The fourth-order valence-corrected chi connectivity index (χ4v) is 3.02. The van der Waals surface area contributed by atoms with Crippen molar-refractivity contribution in [3.8, 4) is 0 Å². The second kappa shape index (κ2) is 6.94. The van der Waals surface area contributed by atoms with Gasteiger partial charge in [-0.25, -0.2) is 4.98 Å². The number of fused-ring (bicyclic) bond motifs is 1. The topological polar surface area (TPSA) is 36.3 Å². The van der Waals surface area contributed by atoms with Crippen molar-refractivity contribution in [2.45, 2.75) is 26.2 Å². The fraction of sp³-hybridized carbons (Fsp3) is 0.316. The van der Waals surface area contributed by atoms with Crippen LogP contribution in [-0.4, -0.2) is 22.8 Å². The molecule has 0 atom stereocenters. The molecule has 0 N–H and O–H groups in total. The lowest BCUT2D eigenvalue weighted by Gasteiger charge is -2.34. The number of benzene rings is 2. The van der Waals surface area contributed by atoms with E-state index in [-0.39, 0.29) is 0 Å². The molecule has 0 amide bonds. The maximum absolute atomic E-state index is 6.17. The first-order chi connectivity index (χ1) is 11.3. The number of hydrogen-bond acceptors (Lipinski definition) is 3. The summed E-state index contributed by atoms with van der Waals surface area (Å²) >= 11 is 0. The van der Waals surface area contributed by atoms with E-state index >= 15 is 0 Å². The minimum Gasteiger partial charge on any atom is -0.345 e. The van der Waals surface area contributed by atoms with E-state index < -0.39 is 5.79 Å². The van der Waals surface area contributed by atoms with Gasteiger partial charge in [-0.3, -0.25) is 0 Å². The molecule has 0 spiro atoms. The van der Waals surface area contributed by atoms with E-state index in [2.05, 4.69) is 35.3 Å². The van der Waals surface area contributed by atoms with Gasteiger partial charge >= 0.3 is 0 Å². The van der Waals surface area contributed by atoms with Gasteiger partial charge in [-0.05, 0) is 24.6 Å². The molecule has 2 aromatic carbocycles. The Balaban J connectivity index is 2.15. The van der Waals surface area contributed by atoms with E-state index in [1.807, 2.05) is 36.7 Å². The SMILES string of the molecule is CCOC(Cn1ccnc1)(OCC)c1cccc2ccccc12. The van der Waals surface area contributed by atoms with Crippen LogP contribution in [0.2, 0.25) is 0 Å². The van der Waals surface area contributed by atoms with Crippen LogP contribution in [0.15, 0.2) is 61.2 Å². The molecule has 4 nitrogen and oxygen atoms in total. The standard InChI is InChI=1S/C19H22N2O2/c1-3-22-19(23-4-2,14-21-13-12-20-15-21)18-11-7-9-16-8-5-6-10-17(16)18/h5-13,15H,3-4,14H2,1-2H3. The van der Waals surface area contributed by atoms with Gasteiger partial charge in [0.15, 0.2) is 0 Å². The number of imidazole rings is 1. The molecule has 3 rings (SSSR count). The summed E-state index contributed by atoms with van der Waals surface area (Å²) in [5.41, 5.74) is 1.05. The van der Waals surface area contributed by atoms with Gasteiger partial charge in [-0.2, -0.15) is 0 Å². The van der Waals surface area contributed by atoms with Crippen molar-refractivity contribution in [1.82, 2.24) is 9.55 Å². The molecule has 1 aromatic heterocycles. The molecule has 3 aromatic rings. The Morgan fingerprint density at radius 1 is 1.00 bits per heavy atom. The molecule has 120 valence electrons. The molecule has 0 fully saturated rings. The Kier molecular flexibility index (Phi) is 4.74. The average Bonchev–Trinajstić information content (AvgIpc) is 3.07. The van der Waals surface area contributed by atoms with E-state index in [0.29, 0.717) is 19.8 Å². The molecular weight excluding hydrogens is 288 g/mol. The van der Waals surface area contributed by atoms with Crippen molar-refractivity contribution in [2.75, 3.05) is 13.2 Å². The predicted molar refractivity (Wildman–Crippen MR) is 91.1 cm³/mol. The number of ether oxygens (including phenoxy) is 2. The summed E-state index contributed by atoms with van der Waals surface area (Å²) in [4.78, 5) is 4.13. The Morgan fingerprint density at radius 3 is 2.43 bits per heavy atom. The van der Waals surface area contributed by atoms with Crippen LogP contribution in [0.25, 0.3) is 10.8 Å². The molecule has 0 aliphatic heterocycles. The summed E-state index contributed by atoms with van der Waals surface area (Å²) < 4.78 is 14.3. The molecule has 0 unspecified atom stereocenters. The first-order valence-corrected chi connectivity index (χ1v) is 8.01. The lowest BCUT2D eigenvalue weighted by atomic mass is 9.97. The average molecular weight is 310 g/mol. The zero-order chi connectivity index (χ0) is 16.1. The lowest BCUT2D eigenvalue weighted by molar-refractivity contribution is -0.249. The van der Waals surface area contributed by atoms with Gasteiger partial charge in [0.25, 0.3) is 0 Å². The highest BCUT2D eigenvalue weighted by Gasteiger charge is 2.35. The normalized spacial score (nSPS) is 11.9. The summed E-state index contributed by atoms with van der Waals surface area (Å²) in [6.07, 6.45) is 5.49. The van der Waals surface area contributed by atoms with Crippen molar-refractivity contribution in [1.29, 1.82) is 0 Å². The van der Waals surface area contributed by atoms with Gasteiger partial charge in [0.1, 0.15) is 0 Å². The molecule has 0 radical (unpaired) electrons. The molecule has 0 aliphatic carbocycles. The predicted octanol–water partition coefficient (Wildman–Crippen LogP) is 3.96. The molecule has 1 heterocycles. The maximum atomic E-state index is 6.17. The van der Waals surface area contributed by atoms with Gasteiger partial charge < -0.3 is 14.0 Å². The number of aromatic nitrogens is 2. The zero-order valence-electron chi connectivity index (χ0n) is 13.6. The molecule has 0 aliphatic rings. The molecule has 0 bridgehead atoms. The molecule has 0 saturated carbocycles. The van der Waals surface area contributed by atoms with Crippen LogP contribution >= 0.6 is 0 Å². The third kappa shape index (κ3) is 3.14. The van der Waals surface area contributed by atoms with Crippen LogP contribution in [-0.2, 0) is 21.8 Å². The second-order valence-corrected chi connectivity index (χ2v) is 5.38. The molecular formula is C19H22N2O2. The van der Waals surface area contributed by atoms with Crippen molar-refractivity contribution < 1.29 is 9.47 Å². The number of rotatable bonds is 7. The second-order valence-electron chi connectivity index (χ2n) is 5.38. The van der Waals surface area contributed by atoms with Crippen molar-refractivity contribution in [3.63, 3.8) is 0 Å².